The maximum absolute atomic E-state index is 2.57. The number of hydrogen-bond acceptors (Lipinski definition) is 6. The molecule has 0 aliphatic heterocycles. The Bertz CT molecular complexity index is 4240. The molecular weight excluding hydrogens is 991 g/mol. The summed E-state index contributed by atoms with van der Waals surface area (Å²) in [6.07, 6.45) is 0. The highest BCUT2D eigenvalue weighted by molar-refractivity contribution is 7.15. The Hall–Kier alpha value is -8.78. The largest absolute Gasteiger partial charge is 0.301 e. The van der Waals surface area contributed by atoms with E-state index in [0.29, 0.717) is 0 Å². The zero-order chi connectivity index (χ0) is 51.5. The van der Waals surface area contributed by atoms with Crippen LogP contribution in [0.5, 0.6) is 0 Å². The molecule has 0 bridgehead atoms. The summed E-state index contributed by atoms with van der Waals surface area (Å²) in [5.74, 6) is 0. The molecule has 6 heteroatoms. The smallest absolute Gasteiger partial charge is 0.1000 e. The summed E-state index contributed by atoms with van der Waals surface area (Å²) in [6, 6.07) is 93.9. The van der Waals surface area contributed by atoms with Gasteiger partial charge in [0.15, 0.2) is 0 Å². The molecule has 0 spiro atoms. The molecule has 13 aromatic rings. The molecule has 0 saturated heterocycles. The van der Waals surface area contributed by atoms with Crippen molar-refractivity contribution < 1.29 is 0 Å². The fourth-order valence-corrected chi connectivity index (χ4v) is 14.1. The summed E-state index contributed by atoms with van der Waals surface area (Å²) in [7, 11) is 0. The standard InChI is InChI=1S/C71H51N3S3/c1-71(2)61-45-51(72(66-37-20-42-75-66)63-34-17-14-29-52(63)48-23-6-3-7-24-48)40-41-55(61)58-46-59-60(47-62(58)71)70(74(68-39-22-44-77-68)65-36-19-16-31-54(65)50-27-10-5-11-28-50)57-33-13-12-32-56(57)69(59)73(67-38-21-43-76-67)64-35-18-15-30-53(64)49-25-8-4-9-26-49/h3-47H,1-2H3. The van der Waals surface area contributed by atoms with Crippen molar-refractivity contribution in [1.29, 1.82) is 0 Å². The Morgan fingerprint density at radius 1 is 0.286 bits per heavy atom. The highest BCUT2D eigenvalue weighted by Gasteiger charge is 2.39. The minimum absolute atomic E-state index is 0.374. The van der Waals surface area contributed by atoms with Gasteiger partial charge in [0.05, 0.1) is 43.4 Å². The SMILES string of the molecule is CC1(C)c2cc(N(c3cccs3)c3ccccc3-c3ccccc3)ccc2-c2cc3c(N(c4cccs4)c4ccccc4-c4ccccc4)c4ccccc4c(N(c4cccs4)c4ccccc4-c4ccccc4)c3cc21. The van der Waals surface area contributed by atoms with E-state index in [1.165, 1.54) is 82.2 Å². The van der Waals surface area contributed by atoms with Gasteiger partial charge in [-0.15, -0.1) is 34.0 Å². The lowest BCUT2D eigenvalue weighted by molar-refractivity contribution is 0.661. The third kappa shape index (κ3) is 7.99. The van der Waals surface area contributed by atoms with E-state index in [9.17, 15) is 0 Å². The van der Waals surface area contributed by atoms with Crippen LogP contribution in [0.2, 0.25) is 0 Å². The van der Waals surface area contributed by atoms with Gasteiger partial charge in [-0.25, -0.2) is 0 Å². The Labute approximate surface area is 462 Å². The molecule has 0 amide bonds. The van der Waals surface area contributed by atoms with Crippen molar-refractivity contribution in [1.82, 2.24) is 0 Å². The highest BCUT2D eigenvalue weighted by atomic mass is 32.1. The van der Waals surface area contributed by atoms with E-state index in [1.807, 2.05) is 0 Å². The van der Waals surface area contributed by atoms with Crippen molar-refractivity contribution >= 4 is 105 Å². The number of rotatable bonds is 12. The topological polar surface area (TPSA) is 9.72 Å². The molecule has 0 saturated carbocycles. The molecule has 0 atom stereocenters. The summed E-state index contributed by atoms with van der Waals surface area (Å²) in [5, 5.41) is 14.8. The van der Waals surface area contributed by atoms with Gasteiger partial charge in [0.2, 0.25) is 0 Å². The van der Waals surface area contributed by atoms with Gasteiger partial charge in [0.1, 0.15) is 0 Å². The monoisotopic (exact) mass is 1040 g/mol. The first-order valence-electron chi connectivity index (χ1n) is 26.1. The maximum atomic E-state index is 2.57. The van der Waals surface area contributed by atoms with E-state index < -0.39 is 0 Å². The molecule has 0 unspecified atom stereocenters. The molecule has 1 aliphatic carbocycles. The van der Waals surface area contributed by atoms with Gasteiger partial charge in [-0.2, -0.15) is 0 Å². The number of benzene rings is 10. The van der Waals surface area contributed by atoms with Crippen LogP contribution in [0.4, 0.5) is 49.1 Å². The van der Waals surface area contributed by atoms with E-state index >= 15 is 0 Å². The van der Waals surface area contributed by atoms with E-state index in [1.54, 1.807) is 34.0 Å². The first-order valence-corrected chi connectivity index (χ1v) is 28.8. The Morgan fingerprint density at radius 3 is 1.10 bits per heavy atom. The van der Waals surface area contributed by atoms with Crippen molar-refractivity contribution in [2.45, 2.75) is 19.3 Å². The van der Waals surface area contributed by atoms with Gasteiger partial charge in [-0.1, -0.05) is 190 Å². The van der Waals surface area contributed by atoms with Crippen molar-refractivity contribution in [2.75, 3.05) is 14.7 Å². The van der Waals surface area contributed by atoms with Crippen LogP contribution >= 0.6 is 34.0 Å². The van der Waals surface area contributed by atoms with Crippen LogP contribution in [0.1, 0.15) is 25.0 Å². The summed E-state index contributed by atoms with van der Waals surface area (Å²) >= 11 is 5.32. The average molecular weight is 1040 g/mol. The van der Waals surface area contributed by atoms with Crippen LogP contribution in [-0.4, -0.2) is 0 Å². The second-order valence-corrected chi connectivity index (χ2v) is 22.8. The summed E-state index contributed by atoms with van der Waals surface area (Å²) in [4.78, 5) is 7.56. The molecular formula is C71H51N3S3. The molecule has 1 aliphatic rings. The highest BCUT2D eigenvalue weighted by Crippen LogP contribution is 2.59. The van der Waals surface area contributed by atoms with E-state index in [2.05, 4.69) is 299 Å². The molecule has 77 heavy (non-hydrogen) atoms. The third-order valence-corrected chi connectivity index (χ3v) is 17.9. The lowest BCUT2D eigenvalue weighted by Crippen LogP contribution is -2.17. The second-order valence-electron chi connectivity index (χ2n) is 20.1. The van der Waals surface area contributed by atoms with Gasteiger partial charge in [0.25, 0.3) is 0 Å². The first kappa shape index (κ1) is 46.7. The number of hydrogen-bond donors (Lipinski definition) is 0. The van der Waals surface area contributed by atoms with E-state index in [4.69, 9.17) is 0 Å². The lowest BCUT2D eigenvalue weighted by atomic mass is 9.81. The van der Waals surface area contributed by atoms with Gasteiger partial charge in [0, 0.05) is 49.3 Å². The van der Waals surface area contributed by atoms with Crippen LogP contribution < -0.4 is 14.7 Å². The molecule has 14 rings (SSSR count). The minimum atomic E-state index is -0.374. The van der Waals surface area contributed by atoms with E-state index in [-0.39, 0.29) is 5.41 Å². The van der Waals surface area contributed by atoms with Gasteiger partial charge >= 0.3 is 0 Å². The zero-order valence-corrected chi connectivity index (χ0v) is 45.0. The zero-order valence-electron chi connectivity index (χ0n) is 42.5. The summed E-state index contributed by atoms with van der Waals surface area (Å²) in [6.45, 7) is 4.86. The van der Waals surface area contributed by atoms with Crippen LogP contribution in [0.25, 0.3) is 66.1 Å². The quantitative estimate of drug-likeness (QED) is 0.0892. The first-order chi connectivity index (χ1) is 38.0. The van der Waals surface area contributed by atoms with E-state index in [0.717, 1.165) is 44.1 Å². The van der Waals surface area contributed by atoms with Gasteiger partial charge in [-0.3, -0.25) is 0 Å². The van der Waals surface area contributed by atoms with Crippen LogP contribution in [0.3, 0.4) is 0 Å². The number of nitrogens with zero attached hydrogens (tertiary/aromatic N) is 3. The third-order valence-electron chi connectivity index (χ3n) is 15.3. The predicted octanol–water partition coefficient (Wildman–Crippen LogP) is 21.9. The molecule has 368 valence electrons. The van der Waals surface area contributed by atoms with Crippen LogP contribution in [-0.2, 0) is 5.41 Å². The molecule has 0 N–H and O–H groups in total. The number of fused-ring (bicyclic) bond motifs is 5. The number of anilines is 9. The summed E-state index contributed by atoms with van der Waals surface area (Å²) < 4.78 is 0. The predicted molar refractivity (Wildman–Crippen MR) is 333 cm³/mol. The van der Waals surface area contributed by atoms with Crippen LogP contribution in [0, 0.1) is 0 Å². The Balaban J connectivity index is 1.07. The Kier molecular flexibility index (Phi) is 11.8. The fraction of sp³-hybridized carbons (Fsp3) is 0.0423. The van der Waals surface area contributed by atoms with Crippen molar-refractivity contribution in [3.05, 3.63) is 282 Å². The lowest BCUT2D eigenvalue weighted by Gasteiger charge is -2.33. The van der Waals surface area contributed by atoms with Crippen molar-refractivity contribution in [3.63, 3.8) is 0 Å². The van der Waals surface area contributed by atoms with Crippen LogP contribution in [0.15, 0.2) is 271 Å². The molecule has 3 heterocycles. The number of para-hydroxylation sites is 3. The van der Waals surface area contributed by atoms with Crippen molar-refractivity contribution in [3.8, 4) is 44.5 Å². The normalized spacial score (nSPS) is 12.4. The van der Waals surface area contributed by atoms with Gasteiger partial charge in [-0.05, 0) is 134 Å². The second kappa shape index (κ2) is 19.4. The fourth-order valence-electron chi connectivity index (χ4n) is 11.8. The molecule has 0 fully saturated rings. The molecule has 10 aromatic carbocycles. The minimum Gasteiger partial charge on any atom is -0.301 e. The molecule has 0 radical (unpaired) electrons. The number of thiophene rings is 3. The van der Waals surface area contributed by atoms with Crippen molar-refractivity contribution in [2.24, 2.45) is 0 Å². The summed E-state index contributed by atoms with van der Waals surface area (Å²) in [5.41, 5.74) is 18.7. The average Bonchev–Trinajstić information content (AvgIpc) is 4.42. The molecule has 3 aromatic heterocycles. The Morgan fingerprint density at radius 2 is 0.662 bits per heavy atom. The van der Waals surface area contributed by atoms with Gasteiger partial charge < -0.3 is 14.7 Å². The maximum Gasteiger partial charge on any atom is 0.1000 e. The molecule has 3 nitrogen and oxygen atoms in total.